The summed E-state index contributed by atoms with van der Waals surface area (Å²) in [6.07, 6.45) is -1.68. The Labute approximate surface area is 134 Å². The van der Waals surface area contributed by atoms with Gasteiger partial charge in [0.1, 0.15) is 17.7 Å². The van der Waals surface area contributed by atoms with Crippen molar-refractivity contribution in [1.29, 1.82) is 0 Å². The maximum atomic E-state index is 14.2. The summed E-state index contributed by atoms with van der Waals surface area (Å²) in [6.45, 7) is 9.28. The lowest BCUT2D eigenvalue weighted by atomic mass is 9.89. The average molecular weight is 325 g/mol. The number of carbonyl (C=O) groups is 1. The molecule has 1 aliphatic rings. The Morgan fingerprint density at radius 3 is 2.61 bits per heavy atom. The van der Waals surface area contributed by atoms with Crippen molar-refractivity contribution < 1.29 is 23.4 Å². The molecule has 0 radical (unpaired) electrons. The fraction of sp³-hybridized carbons (Fsp3) is 0.471. The van der Waals surface area contributed by atoms with Gasteiger partial charge in [0.2, 0.25) is 0 Å². The lowest BCUT2D eigenvalue weighted by Gasteiger charge is -2.45. The van der Waals surface area contributed by atoms with Crippen molar-refractivity contribution in [2.45, 2.75) is 44.9 Å². The van der Waals surface area contributed by atoms with Crippen molar-refractivity contribution in [2.75, 3.05) is 6.61 Å². The van der Waals surface area contributed by atoms with E-state index in [2.05, 4.69) is 6.58 Å². The van der Waals surface area contributed by atoms with Gasteiger partial charge in [0.05, 0.1) is 12.6 Å². The van der Waals surface area contributed by atoms with Crippen LogP contribution in [0.5, 0.6) is 0 Å². The predicted molar refractivity (Wildman–Crippen MR) is 82.2 cm³/mol. The summed E-state index contributed by atoms with van der Waals surface area (Å²) in [4.78, 5) is 13.0. The highest BCUT2D eigenvalue weighted by Gasteiger charge is 2.42. The summed E-state index contributed by atoms with van der Waals surface area (Å²) in [5.41, 5.74) is 0.0241. The Morgan fingerprint density at radius 1 is 1.39 bits per heavy atom. The number of rotatable bonds is 2. The van der Waals surface area contributed by atoms with Crippen molar-refractivity contribution >= 4 is 6.09 Å². The monoisotopic (exact) mass is 325 g/mol. The smallest absolute Gasteiger partial charge is 0.408 e. The van der Waals surface area contributed by atoms with Gasteiger partial charge in [-0.25, -0.2) is 13.6 Å². The number of carboxylic acid groups (broad SMARTS) is 1. The number of hydrogen-bond donors (Lipinski definition) is 1. The highest BCUT2D eigenvalue weighted by molar-refractivity contribution is 5.67. The summed E-state index contributed by atoms with van der Waals surface area (Å²) >= 11 is 0. The molecule has 1 heterocycles. The topological polar surface area (TPSA) is 49.8 Å². The van der Waals surface area contributed by atoms with Gasteiger partial charge in [-0.2, -0.15) is 0 Å². The van der Waals surface area contributed by atoms with Crippen molar-refractivity contribution in [2.24, 2.45) is 0 Å². The van der Waals surface area contributed by atoms with E-state index in [1.54, 1.807) is 20.8 Å². The first-order valence-corrected chi connectivity index (χ1v) is 7.36. The Bertz CT molecular complexity index is 625. The number of hydrogen-bond acceptors (Lipinski definition) is 2. The molecule has 0 aromatic heterocycles. The Balaban J connectivity index is 2.49. The zero-order chi connectivity index (χ0) is 17.4. The van der Waals surface area contributed by atoms with Gasteiger partial charge in [-0.3, -0.25) is 4.90 Å². The van der Waals surface area contributed by atoms with Gasteiger partial charge < -0.3 is 9.84 Å². The van der Waals surface area contributed by atoms with Crippen LogP contribution in [0.3, 0.4) is 0 Å². The summed E-state index contributed by atoms with van der Waals surface area (Å²) in [7, 11) is 0. The molecule has 1 aromatic carbocycles. The molecule has 6 heteroatoms. The van der Waals surface area contributed by atoms with Crippen LogP contribution in [0.1, 0.15) is 38.9 Å². The number of nitrogens with zero attached hydrogens (tertiary/aromatic N) is 1. The lowest BCUT2D eigenvalue weighted by Crippen LogP contribution is -2.55. The molecule has 1 saturated heterocycles. The van der Waals surface area contributed by atoms with Gasteiger partial charge in [0, 0.05) is 11.1 Å². The Morgan fingerprint density at radius 2 is 2.04 bits per heavy atom. The zero-order valence-corrected chi connectivity index (χ0v) is 13.5. The molecule has 1 amide bonds. The van der Waals surface area contributed by atoms with Gasteiger partial charge in [-0.1, -0.05) is 6.58 Å². The summed E-state index contributed by atoms with van der Waals surface area (Å²) < 4.78 is 33.3. The number of benzene rings is 1. The average Bonchev–Trinajstić information content (AvgIpc) is 2.40. The van der Waals surface area contributed by atoms with Gasteiger partial charge in [0.15, 0.2) is 0 Å². The van der Waals surface area contributed by atoms with Crippen LogP contribution in [0.15, 0.2) is 30.4 Å². The van der Waals surface area contributed by atoms with Crippen molar-refractivity contribution in [3.05, 3.63) is 47.5 Å². The zero-order valence-electron chi connectivity index (χ0n) is 13.5. The third-order valence-corrected chi connectivity index (χ3v) is 3.84. The number of amides is 1. The predicted octanol–water partition coefficient (Wildman–Crippen LogP) is 4.13. The Hall–Kier alpha value is -1.95. The minimum absolute atomic E-state index is 0.0259. The summed E-state index contributed by atoms with van der Waals surface area (Å²) in [6, 6.07) is 2.43. The van der Waals surface area contributed by atoms with Gasteiger partial charge in [-0.15, -0.1) is 0 Å². The first-order chi connectivity index (χ1) is 10.6. The largest absolute Gasteiger partial charge is 0.465 e. The van der Waals surface area contributed by atoms with Crippen LogP contribution in [0.25, 0.3) is 0 Å². The van der Waals surface area contributed by atoms with Crippen LogP contribution in [-0.4, -0.2) is 34.3 Å². The molecule has 2 rings (SSSR count). The van der Waals surface area contributed by atoms with Gasteiger partial charge in [0.25, 0.3) is 0 Å². The second-order valence-corrected chi connectivity index (χ2v) is 6.74. The van der Waals surface area contributed by atoms with Gasteiger partial charge in [-0.05, 0) is 51.0 Å². The maximum absolute atomic E-state index is 14.2. The SMILES string of the molecule is C=C1CO[C@H](c2cc(F)ccc2F)[C@@H](N(C(=O)O)C(C)(C)C)C1. The highest BCUT2D eigenvalue weighted by Crippen LogP contribution is 2.38. The van der Waals surface area contributed by atoms with E-state index in [4.69, 9.17) is 4.74 Å². The summed E-state index contributed by atoms with van der Waals surface area (Å²) in [5.74, 6) is -1.21. The molecule has 23 heavy (non-hydrogen) atoms. The first-order valence-electron chi connectivity index (χ1n) is 7.36. The molecule has 4 nitrogen and oxygen atoms in total. The fourth-order valence-electron chi connectivity index (χ4n) is 2.96. The third kappa shape index (κ3) is 3.69. The second kappa shape index (κ2) is 6.28. The van der Waals surface area contributed by atoms with Crippen LogP contribution in [0, 0.1) is 11.6 Å². The quantitative estimate of drug-likeness (QED) is 0.832. The minimum Gasteiger partial charge on any atom is -0.465 e. The van der Waals surface area contributed by atoms with E-state index in [0.29, 0.717) is 6.42 Å². The molecule has 0 aliphatic carbocycles. The van der Waals surface area contributed by atoms with Crippen LogP contribution in [0.4, 0.5) is 13.6 Å². The number of ether oxygens (including phenoxy) is 1. The van der Waals surface area contributed by atoms with Gasteiger partial charge >= 0.3 is 6.09 Å². The van der Waals surface area contributed by atoms with Crippen LogP contribution >= 0.6 is 0 Å². The molecule has 0 unspecified atom stereocenters. The third-order valence-electron chi connectivity index (χ3n) is 3.84. The Kier molecular flexibility index (Phi) is 4.75. The molecule has 126 valence electrons. The van der Waals surface area contributed by atoms with E-state index in [-0.39, 0.29) is 12.2 Å². The second-order valence-electron chi connectivity index (χ2n) is 6.74. The number of halogens is 2. The van der Waals surface area contributed by atoms with E-state index in [9.17, 15) is 18.7 Å². The van der Waals surface area contributed by atoms with E-state index in [1.807, 2.05) is 0 Å². The molecule has 2 atom stereocenters. The molecule has 1 fully saturated rings. The normalized spacial score (nSPS) is 22.0. The standard InChI is InChI=1S/C17H21F2NO3/c1-10-7-14(20(16(21)22)17(2,3)4)15(23-9-10)12-8-11(18)5-6-13(12)19/h5-6,8,14-15H,1,7,9H2,2-4H3,(H,21,22)/t14-,15+/m0/s1. The van der Waals surface area contributed by atoms with Crippen molar-refractivity contribution in [1.82, 2.24) is 4.90 Å². The van der Waals surface area contributed by atoms with Crippen molar-refractivity contribution in [3.8, 4) is 0 Å². The fourth-order valence-corrected chi connectivity index (χ4v) is 2.96. The molecule has 0 bridgehead atoms. The lowest BCUT2D eigenvalue weighted by molar-refractivity contribution is -0.0493. The molecule has 0 saturated carbocycles. The van der Waals surface area contributed by atoms with E-state index < -0.39 is 35.4 Å². The van der Waals surface area contributed by atoms with E-state index in [1.165, 1.54) is 4.90 Å². The molecular weight excluding hydrogens is 304 g/mol. The van der Waals surface area contributed by atoms with Crippen molar-refractivity contribution in [3.63, 3.8) is 0 Å². The first kappa shape index (κ1) is 17.4. The van der Waals surface area contributed by atoms with E-state index >= 15 is 0 Å². The highest BCUT2D eigenvalue weighted by atomic mass is 19.1. The molecule has 1 N–H and O–H groups in total. The van der Waals surface area contributed by atoms with Crippen LogP contribution in [0.2, 0.25) is 0 Å². The summed E-state index contributed by atoms with van der Waals surface area (Å²) in [5, 5.41) is 9.61. The van der Waals surface area contributed by atoms with E-state index in [0.717, 1.165) is 23.8 Å². The molecule has 1 aliphatic heterocycles. The molecule has 1 aromatic rings. The maximum Gasteiger partial charge on any atom is 0.408 e. The van der Waals surface area contributed by atoms with Crippen LogP contribution in [-0.2, 0) is 4.74 Å². The minimum atomic E-state index is -1.14. The molecule has 0 spiro atoms. The van der Waals surface area contributed by atoms with Crippen LogP contribution < -0.4 is 0 Å². The molecular formula is C17H21F2NO3.